The van der Waals surface area contributed by atoms with Gasteiger partial charge >= 0.3 is 5.97 Å². The first-order chi connectivity index (χ1) is 7.64. The lowest BCUT2D eigenvalue weighted by Crippen LogP contribution is -2.47. The van der Waals surface area contributed by atoms with Crippen molar-refractivity contribution < 1.29 is 14.6 Å². The standard InChI is InChI=1S/C10H13N3O3/c1-7-8(12-4-3-11-7)13-10(9(14)15)2-5-16-6-10/h3-4H,2,5-6H2,1H3,(H,12,13)(H,14,15). The summed E-state index contributed by atoms with van der Waals surface area (Å²) in [5.74, 6) is -0.426. The Balaban J connectivity index is 2.25. The zero-order chi connectivity index (χ0) is 11.6. The smallest absolute Gasteiger partial charge is 0.331 e. The normalized spacial score (nSPS) is 24.3. The first kappa shape index (κ1) is 10.8. The summed E-state index contributed by atoms with van der Waals surface area (Å²) in [6, 6.07) is 0. The predicted octanol–water partition coefficient (Wildman–Crippen LogP) is 0.441. The number of rotatable bonds is 3. The number of carboxylic acids is 1. The van der Waals surface area contributed by atoms with Crippen molar-refractivity contribution in [3.63, 3.8) is 0 Å². The van der Waals surface area contributed by atoms with Crippen LogP contribution in [-0.2, 0) is 9.53 Å². The molecule has 1 aliphatic heterocycles. The molecule has 2 N–H and O–H groups in total. The summed E-state index contributed by atoms with van der Waals surface area (Å²) in [6.07, 6.45) is 3.53. The molecule has 0 aromatic carbocycles. The molecule has 16 heavy (non-hydrogen) atoms. The fraction of sp³-hybridized carbons (Fsp3) is 0.500. The Morgan fingerprint density at radius 2 is 2.31 bits per heavy atom. The van der Waals surface area contributed by atoms with E-state index in [9.17, 15) is 9.90 Å². The van der Waals surface area contributed by atoms with E-state index in [0.717, 1.165) is 0 Å². The molecule has 1 saturated heterocycles. The minimum atomic E-state index is -1.07. The maximum Gasteiger partial charge on any atom is 0.331 e. The van der Waals surface area contributed by atoms with E-state index in [-0.39, 0.29) is 6.61 Å². The van der Waals surface area contributed by atoms with E-state index in [2.05, 4.69) is 15.3 Å². The number of nitrogens with zero attached hydrogens (tertiary/aromatic N) is 2. The molecule has 0 bridgehead atoms. The van der Waals surface area contributed by atoms with E-state index >= 15 is 0 Å². The van der Waals surface area contributed by atoms with E-state index in [1.54, 1.807) is 13.1 Å². The van der Waals surface area contributed by atoms with Crippen LogP contribution < -0.4 is 5.32 Å². The topological polar surface area (TPSA) is 84.3 Å². The molecule has 86 valence electrons. The highest BCUT2D eigenvalue weighted by Gasteiger charge is 2.43. The maximum atomic E-state index is 11.2. The van der Waals surface area contributed by atoms with Crippen molar-refractivity contribution >= 4 is 11.8 Å². The Morgan fingerprint density at radius 1 is 1.56 bits per heavy atom. The second-order valence-corrected chi connectivity index (χ2v) is 3.81. The number of ether oxygens (including phenoxy) is 1. The van der Waals surface area contributed by atoms with Crippen molar-refractivity contribution in [1.82, 2.24) is 9.97 Å². The molecule has 2 rings (SSSR count). The number of hydrogen-bond donors (Lipinski definition) is 2. The van der Waals surface area contributed by atoms with Crippen LogP contribution in [0, 0.1) is 6.92 Å². The number of carboxylic acid groups (broad SMARTS) is 1. The lowest BCUT2D eigenvalue weighted by molar-refractivity contribution is -0.142. The van der Waals surface area contributed by atoms with Crippen LogP contribution in [0.15, 0.2) is 12.4 Å². The zero-order valence-electron chi connectivity index (χ0n) is 8.93. The molecule has 0 amide bonds. The second-order valence-electron chi connectivity index (χ2n) is 3.81. The number of nitrogens with one attached hydrogen (secondary N) is 1. The third kappa shape index (κ3) is 1.83. The lowest BCUT2D eigenvalue weighted by Gasteiger charge is -2.24. The van der Waals surface area contributed by atoms with Gasteiger partial charge in [0, 0.05) is 25.4 Å². The van der Waals surface area contributed by atoms with Crippen LogP contribution in [-0.4, -0.2) is 39.8 Å². The van der Waals surface area contributed by atoms with Gasteiger partial charge in [0.1, 0.15) is 5.82 Å². The van der Waals surface area contributed by atoms with Gasteiger partial charge in [0.15, 0.2) is 5.54 Å². The van der Waals surface area contributed by atoms with Gasteiger partial charge in [-0.05, 0) is 6.92 Å². The third-order valence-electron chi connectivity index (χ3n) is 2.67. The van der Waals surface area contributed by atoms with Crippen molar-refractivity contribution in [2.45, 2.75) is 18.9 Å². The molecule has 6 heteroatoms. The fourth-order valence-electron chi connectivity index (χ4n) is 1.64. The van der Waals surface area contributed by atoms with E-state index in [0.29, 0.717) is 24.5 Å². The van der Waals surface area contributed by atoms with Gasteiger partial charge in [-0.15, -0.1) is 0 Å². The van der Waals surface area contributed by atoms with E-state index in [1.807, 2.05) is 0 Å². The zero-order valence-corrected chi connectivity index (χ0v) is 8.93. The van der Waals surface area contributed by atoms with Gasteiger partial charge in [0.2, 0.25) is 0 Å². The maximum absolute atomic E-state index is 11.2. The van der Waals surface area contributed by atoms with E-state index in [1.165, 1.54) is 6.20 Å². The van der Waals surface area contributed by atoms with Crippen molar-refractivity contribution in [2.24, 2.45) is 0 Å². The van der Waals surface area contributed by atoms with Crippen molar-refractivity contribution in [3.05, 3.63) is 18.1 Å². The molecule has 1 aliphatic rings. The molecule has 0 saturated carbocycles. The fourth-order valence-corrected chi connectivity index (χ4v) is 1.64. The summed E-state index contributed by atoms with van der Waals surface area (Å²) in [4.78, 5) is 19.4. The quantitative estimate of drug-likeness (QED) is 0.773. The summed E-state index contributed by atoms with van der Waals surface area (Å²) in [6.45, 7) is 2.37. The molecule has 1 fully saturated rings. The lowest BCUT2D eigenvalue weighted by atomic mass is 9.99. The molecule has 0 radical (unpaired) electrons. The van der Waals surface area contributed by atoms with Gasteiger partial charge in [-0.3, -0.25) is 4.98 Å². The minimum Gasteiger partial charge on any atom is -0.479 e. The van der Waals surface area contributed by atoms with Crippen LogP contribution in [0.3, 0.4) is 0 Å². The average molecular weight is 223 g/mol. The number of carbonyl (C=O) groups is 1. The van der Waals surface area contributed by atoms with Crippen LogP contribution in [0.1, 0.15) is 12.1 Å². The number of aryl methyl sites for hydroxylation is 1. The number of aromatic nitrogens is 2. The second kappa shape index (κ2) is 4.05. The summed E-state index contributed by atoms with van der Waals surface area (Å²) in [5.41, 5.74) is -0.393. The van der Waals surface area contributed by atoms with Gasteiger partial charge in [-0.1, -0.05) is 0 Å². The molecular weight excluding hydrogens is 210 g/mol. The molecule has 2 heterocycles. The van der Waals surface area contributed by atoms with Gasteiger partial charge in [0.05, 0.1) is 12.3 Å². The van der Waals surface area contributed by atoms with Crippen LogP contribution in [0.4, 0.5) is 5.82 Å². The number of anilines is 1. The SMILES string of the molecule is Cc1nccnc1NC1(C(=O)O)CCOC1. The molecule has 0 spiro atoms. The first-order valence-corrected chi connectivity index (χ1v) is 5.01. The molecule has 1 aromatic rings. The first-order valence-electron chi connectivity index (χ1n) is 5.01. The van der Waals surface area contributed by atoms with E-state index < -0.39 is 11.5 Å². The monoisotopic (exact) mass is 223 g/mol. The molecule has 1 unspecified atom stereocenters. The third-order valence-corrected chi connectivity index (χ3v) is 2.67. The summed E-state index contributed by atoms with van der Waals surface area (Å²) in [5, 5.41) is 12.1. The van der Waals surface area contributed by atoms with Crippen molar-refractivity contribution in [2.75, 3.05) is 18.5 Å². The highest BCUT2D eigenvalue weighted by molar-refractivity contribution is 5.83. The number of aliphatic carboxylic acids is 1. The van der Waals surface area contributed by atoms with E-state index in [4.69, 9.17) is 4.74 Å². The van der Waals surface area contributed by atoms with Crippen molar-refractivity contribution in [3.8, 4) is 0 Å². The molecular formula is C10H13N3O3. The number of hydrogen-bond acceptors (Lipinski definition) is 5. The summed E-state index contributed by atoms with van der Waals surface area (Å²) in [7, 11) is 0. The highest BCUT2D eigenvalue weighted by atomic mass is 16.5. The van der Waals surface area contributed by atoms with Gasteiger partial charge in [-0.25, -0.2) is 9.78 Å². The van der Waals surface area contributed by atoms with Crippen LogP contribution in [0.5, 0.6) is 0 Å². The van der Waals surface area contributed by atoms with Crippen LogP contribution in [0.2, 0.25) is 0 Å². The molecule has 0 aliphatic carbocycles. The largest absolute Gasteiger partial charge is 0.479 e. The van der Waals surface area contributed by atoms with Crippen LogP contribution in [0.25, 0.3) is 0 Å². The van der Waals surface area contributed by atoms with Crippen molar-refractivity contribution in [1.29, 1.82) is 0 Å². The van der Waals surface area contributed by atoms with Gasteiger partial charge in [0.25, 0.3) is 0 Å². The van der Waals surface area contributed by atoms with Gasteiger partial charge in [-0.2, -0.15) is 0 Å². The minimum absolute atomic E-state index is 0.151. The predicted molar refractivity (Wildman–Crippen MR) is 56.2 cm³/mol. The van der Waals surface area contributed by atoms with Gasteiger partial charge < -0.3 is 15.2 Å². The summed E-state index contributed by atoms with van der Waals surface area (Å²) >= 11 is 0. The Kier molecular flexibility index (Phi) is 2.74. The Morgan fingerprint density at radius 3 is 2.88 bits per heavy atom. The van der Waals surface area contributed by atoms with Crippen LogP contribution >= 0.6 is 0 Å². The molecule has 6 nitrogen and oxygen atoms in total. The Bertz CT molecular complexity index is 402. The highest BCUT2D eigenvalue weighted by Crippen LogP contribution is 2.24. The molecule has 1 aromatic heterocycles. The molecule has 1 atom stereocenters. The Hall–Kier alpha value is -1.69. The Labute approximate surface area is 92.7 Å². The average Bonchev–Trinajstić information content (AvgIpc) is 2.71. The summed E-state index contributed by atoms with van der Waals surface area (Å²) < 4.78 is 5.14.